The maximum atomic E-state index is 13.3. The zero-order valence-electron chi connectivity index (χ0n) is 14.9. The van der Waals surface area contributed by atoms with Crippen molar-refractivity contribution >= 4 is 40.3 Å². The Morgan fingerprint density at radius 1 is 0.667 bits per heavy atom. The number of carbonyl (C=O) groups excluding carboxylic acids is 1. The topological polar surface area (TPSA) is 17.1 Å². The summed E-state index contributed by atoms with van der Waals surface area (Å²) in [6.45, 7) is 0. The SMILES string of the molecule is O=C(C[P+](c1ccccc1)(c1ccccc1)c1ccsc1)c1ccccc1. The molecule has 0 saturated carbocycles. The first-order valence-corrected chi connectivity index (χ1v) is 11.8. The third-order valence-corrected chi connectivity index (χ3v) is 9.96. The highest BCUT2D eigenvalue weighted by molar-refractivity contribution is 7.96. The van der Waals surface area contributed by atoms with E-state index in [1.165, 1.54) is 15.9 Å². The number of thiophene rings is 1. The molecule has 1 aromatic heterocycles. The Labute approximate surface area is 164 Å². The normalized spacial score (nSPS) is 11.3. The smallest absolute Gasteiger partial charge is 0.201 e. The van der Waals surface area contributed by atoms with Crippen molar-refractivity contribution in [3.05, 3.63) is 113 Å². The van der Waals surface area contributed by atoms with Crippen LogP contribution in [-0.4, -0.2) is 11.9 Å². The first kappa shape index (κ1) is 17.9. The standard InChI is InChI=1S/C24H20OPS/c25-24(20-10-4-1-5-11-20)18-26(23-16-17-27-19-23,21-12-6-2-7-13-21)22-14-8-3-9-15-22/h1-17,19H,18H2/q+1. The average molecular weight is 387 g/mol. The lowest BCUT2D eigenvalue weighted by atomic mass is 10.2. The monoisotopic (exact) mass is 387 g/mol. The molecule has 0 aliphatic rings. The molecule has 132 valence electrons. The van der Waals surface area contributed by atoms with Crippen LogP contribution in [0, 0.1) is 0 Å². The van der Waals surface area contributed by atoms with Gasteiger partial charge in [-0.25, -0.2) is 0 Å². The van der Waals surface area contributed by atoms with Crippen LogP contribution in [0.25, 0.3) is 0 Å². The fourth-order valence-corrected chi connectivity index (χ4v) is 8.76. The van der Waals surface area contributed by atoms with E-state index in [1.807, 2.05) is 42.5 Å². The van der Waals surface area contributed by atoms with E-state index in [0.29, 0.717) is 6.16 Å². The molecule has 0 saturated heterocycles. The van der Waals surface area contributed by atoms with Crippen LogP contribution in [0.5, 0.6) is 0 Å². The van der Waals surface area contributed by atoms with Crippen molar-refractivity contribution in [3.8, 4) is 0 Å². The molecule has 0 unspecified atom stereocenters. The molecule has 1 heterocycles. The van der Waals surface area contributed by atoms with Crippen LogP contribution in [-0.2, 0) is 0 Å². The molecule has 0 aliphatic heterocycles. The summed E-state index contributed by atoms with van der Waals surface area (Å²) in [7, 11) is -2.07. The lowest BCUT2D eigenvalue weighted by molar-refractivity contribution is 0.102. The summed E-state index contributed by atoms with van der Waals surface area (Å²) < 4.78 is 0. The van der Waals surface area contributed by atoms with Crippen LogP contribution in [0.15, 0.2) is 108 Å². The first-order valence-electron chi connectivity index (χ1n) is 8.91. The van der Waals surface area contributed by atoms with E-state index in [0.717, 1.165) is 5.56 Å². The largest absolute Gasteiger partial charge is 0.290 e. The second kappa shape index (κ2) is 8.00. The van der Waals surface area contributed by atoms with Crippen molar-refractivity contribution in [1.82, 2.24) is 0 Å². The van der Waals surface area contributed by atoms with Gasteiger partial charge in [0.2, 0.25) is 5.78 Å². The lowest BCUT2D eigenvalue weighted by Gasteiger charge is -2.26. The maximum absolute atomic E-state index is 13.3. The number of hydrogen-bond donors (Lipinski definition) is 0. The van der Waals surface area contributed by atoms with Gasteiger partial charge in [0.1, 0.15) is 29.3 Å². The Morgan fingerprint density at radius 3 is 1.67 bits per heavy atom. The van der Waals surface area contributed by atoms with Crippen LogP contribution >= 0.6 is 18.6 Å². The van der Waals surface area contributed by atoms with Crippen LogP contribution in [0.2, 0.25) is 0 Å². The number of benzene rings is 3. The molecular formula is C24H20OPS+. The highest BCUT2D eigenvalue weighted by Gasteiger charge is 2.47. The minimum atomic E-state index is -2.07. The average Bonchev–Trinajstić information content (AvgIpc) is 3.29. The number of ketones is 1. The third kappa shape index (κ3) is 3.51. The van der Waals surface area contributed by atoms with Gasteiger partial charge >= 0.3 is 0 Å². The van der Waals surface area contributed by atoms with Gasteiger partial charge in [0.15, 0.2) is 0 Å². The second-order valence-electron chi connectivity index (χ2n) is 6.41. The van der Waals surface area contributed by atoms with E-state index in [1.54, 1.807) is 11.3 Å². The van der Waals surface area contributed by atoms with Gasteiger partial charge in [0.05, 0.1) is 0 Å². The van der Waals surface area contributed by atoms with Crippen molar-refractivity contribution in [1.29, 1.82) is 0 Å². The molecule has 0 amide bonds. The molecule has 3 heteroatoms. The van der Waals surface area contributed by atoms with Gasteiger partial charge < -0.3 is 0 Å². The van der Waals surface area contributed by atoms with Crippen LogP contribution in [0.1, 0.15) is 10.4 Å². The van der Waals surface area contributed by atoms with E-state index in [9.17, 15) is 4.79 Å². The fourth-order valence-electron chi connectivity index (χ4n) is 3.49. The minimum Gasteiger partial charge on any atom is -0.290 e. The summed E-state index contributed by atoms with van der Waals surface area (Å²) in [6.07, 6.45) is 0.502. The van der Waals surface area contributed by atoms with Gasteiger partial charge in [-0.2, -0.15) is 0 Å². The van der Waals surface area contributed by atoms with Gasteiger partial charge in [-0.05, 0) is 35.7 Å². The molecule has 3 aromatic carbocycles. The lowest BCUT2D eigenvalue weighted by Crippen LogP contribution is -2.35. The number of carbonyl (C=O) groups is 1. The molecule has 4 aromatic rings. The summed E-state index contributed by atoms with van der Waals surface area (Å²) >= 11 is 1.70. The predicted octanol–water partition coefficient (Wildman–Crippen LogP) is 4.92. The molecule has 0 atom stereocenters. The molecular weight excluding hydrogens is 367 g/mol. The molecule has 0 radical (unpaired) electrons. The number of hydrogen-bond acceptors (Lipinski definition) is 2. The van der Waals surface area contributed by atoms with E-state index in [4.69, 9.17) is 0 Å². The van der Waals surface area contributed by atoms with E-state index < -0.39 is 7.26 Å². The summed E-state index contributed by atoms with van der Waals surface area (Å²) in [6, 6.07) is 32.9. The highest BCUT2D eigenvalue weighted by atomic mass is 32.1. The van der Waals surface area contributed by atoms with Gasteiger partial charge in [0.25, 0.3) is 0 Å². The van der Waals surface area contributed by atoms with Crippen molar-refractivity contribution in [2.24, 2.45) is 0 Å². The molecule has 0 aliphatic carbocycles. The molecule has 0 spiro atoms. The minimum absolute atomic E-state index is 0.197. The molecule has 1 nitrogen and oxygen atoms in total. The van der Waals surface area contributed by atoms with Crippen LogP contribution in [0.4, 0.5) is 0 Å². The van der Waals surface area contributed by atoms with Crippen LogP contribution < -0.4 is 15.9 Å². The quantitative estimate of drug-likeness (QED) is 0.339. The van der Waals surface area contributed by atoms with Gasteiger partial charge in [0, 0.05) is 10.9 Å². The highest BCUT2D eigenvalue weighted by Crippen LogP contribution is 2.55. The summed E-state index contributed by atoms with van der Waals surface area (Å²) in [5.41, 5.74) is 0.781. The maximum Gasteiger partial charge on any atom is 0.201 e. The Kier molecular flexibility index (Phi) is 5.29. The summed E-state index contributed by atoms with van der Waals surface area (Å²) in [5.74, 6) is 0.197. The third-order valence-electron chi connectivity index (χ3n) is 4.82. The second-order valence-corrected chi connectivity index (χ2v) is 10.7. The van der Waals surface area contributed by atoms with E-state index in [-0.39, 0.29) is 5.78 Å². The van der Waals surface area contributed by atoms with Crippen LogP contribution in [0.3, 0.4) is 0 Å². The number of rotatable bonds is 6. The van der Waals surface area contributed by atoms with Gasteiger partial charge in [-0.1, -0.05) is 66.7 Å². The zero-order valence-corrected chi connectivity index (χ0v) is 16.6. The zero-order chi connectivity index (χ0) is 18.5. The first-order chi connectivity index (χ1) is 13.3. The van der Waals surface area contributed by atoms with Crippen molar-refractivity contribution in [2.45, 2.75) is 0 Å². The summed E-state index contributed by atoms with van der Waals surface area (Å²) in [4.78, 5) is 13.3. The molecule has 0 N–H and O–H groups in total. The Morgan fingerprint density at radius 2 is 1.19 bits per heavy atom. The van der Waals surface area contributed by atoms with Gasteiger partial charge in [-0.15, -0.1) is 11.3 Å². The summed E-state index contributed by atoms with van der Waals surface area (Å²) in [5, 5.41) is 8.10. The fraction of sp³-hybridized carbons (Fsp3) is 0.0417. The Hall–Kier alpha value is -2.54. The molecule has 4 rings (SSSR count). The molecule has 27 heavy (non-hydrogen) atoms. The van der Waals surface area contributed by atoms with Gasteiger partial charge in [-0.3, -0.25) is 4.79 Å². The van der Waals surface area contributed by atoms with Crippen molar-refractivity contribution < 1.29 is 4.79 Å². The van der Waals surface area contributed by atoms with E-state index >= 15 is 0 Å². The predicted molar refractivity (Wildman–Crippen MR) is 119 cm³/mol. The van der Waals surface area contributed by atoms with E-state index in [2.05, 4.69) is 65.4 Å². The van der Waals surface area contributed by atoms with Crippen molar-refractivity contribution in [2.75, 3.05) is 6.16 Å². The Balaban J connectivity index is 1.92. The molecule has 0 bridgehead atoms. The number of Topliss-reactive ketones (excluding diaryl/α,β-unsaturated/α-hetero) is 1. The molecule has 0 fully saturated rings. The van der Waals surface area contributed by atoms with Crippen molar-refractivity contribution in [3.63, 3.8) is 0 Å². The Bertz CT molecular complexity index is 957.